The number of allylic oxidation sites excluding steroid dienone is 1. The number of piperidine rings is 1. The average molecular weight is 390 g/mol. The van der Waals surface area contributed by atoms with Gasteiger partial charge >= 0.3 is 0 Å². The van der Waals surface area contributed by atoms with Crippen LogP contribution >= 0.6 is 11.8 Å². The van der Waals surface area contributed by atoms with E-state index in [-0.39, 0.29) is 32.3 Å². The molecule has 0 saturated carbocycles. The molecule has 1 spiro atoms. The Hall–Kier alpha value is -2.39. The Morgan fingerprint density at radius 3 is 2.52 bits per heavy atom. The molecule has 0 amide bonds. The van der Waals surface area contributed by atoms with E-state index >= 15 is 0 Å². The molecular formula is C18H23FN6OS. The lowest BCUT2D eigenvalue weighted by Gasteiger charge is -2.53. The largest absolute Gasteiger partial charge is 0.507 e. The van der Waals surface area contributed by atoms with Crippen molar-refractivity contribution in [1.82, 2.24) is 10.2 Å². The van der Waals surface area contributed by atoms with Gasteiger partial charge in [0.05, 0.1) is 5.56 Å². The third-order valence-corrected chi connectivity index (χ3v) is 6.03. The molecule has 0 atom stereocenters. The Bertz CT molecular complexity index is 787. The number of likely N-dealkylation sites (tertiary alicyclic amines) is 1. The zero-order valence-corrected chi connectivity index (χ0v) is 15.6. The molecular weight excluding hydrogens is 367 g/mol. The van der Waals surface area contributed by atoms with Gasteiger partial charge in [0.1, 0.15) is 16.6 Å². The summed E-state index contributed by atoms with van der Waals surface area (Å²) in [7, 11) is 0. The van der Waals surface area contributed by atoms with E-state index in [0.29, 0.717) is 0 Å². The summed E-state index contributed by atoms with van der Waals surface area (Å²) in [5, 5.41) is 37.1. The fraction of sp³-hybridized carbons (Fsp3) is 0.389. The van der Waals surface area contributed by atoms with Crippen LogP contribution in [0, 0.1) is 27.5 Å². The van der Waals surface area contributed by atoms with Crippen LogP contribution in [-0.2, 0) is 0 Å². The first-order chi connectivity index (χ1) is 12.9. The highest BCUT2D eigenvalue weighted by Gasteiger charge is 2.44. The van der Waals surface area contributed by atoms with Gasteiger partial charge in [-0.15, -0.1) is 0 Å². The van der Waals surface area contributed by atoms with E-state index < -0.39 is 11.6 Å². The summed E-state index contributed by atoms with van der Waals surface area (Å²) in [6.07, 6.45) is 4.28. The first-order valence-corrected chi connectivity index (χ1v) is 9.47. The van der Waals surface area contributed by atoms with E-state index in [4.69, 9.17) is 22.0 Å². The fourth-order valence-corrected chi connectivity index (χ4v) is 4.36. The molecule has 1 aromatic rings. The van der Waals surface area contributed by atoms with Crippen LogP contribution in [0.25, 0.3) is 5.57 Å². The lowest BCUT2D eigenvalue weighted by Crippen LogP contribution is -2.61. The zero-order chi connectivity index (χ0) is 19.6. The van der Waals surface area contributed by atoms with Gasteiger partial charge in [-0.2, -0.15) is 0 Å². The van der Waals surface area contributed by atoms with Crippen molar-refractivity contribution in [2.75, 3.05) is 26.2 Å². The Kier molecular flexibility index (Phi) is 5.52. The highest BCUT2D eigenvalue weighted by atomic mass is 32.2. The van der Waals surface area contributed by atoms with Crippen molar-refractivity contribution in [3.8, 4) is 5.75 Å². The van der Waals surface area contributed by atoms with Crippen LogP contribution in [0.2, 0.25) is 0 Å². The Balaban J connectivity index is 1.68. The Morgan fingerprint density at radius 1 is 1.30 bits per heavy atom. The monoisotopic (exact) mass is 390 g/mol. The maximum absolute atomic E-state index is 14.5. The third-order valence-electron chi connectivity index (χ3n) is 5.17. The number of nitrogens with two attached hydrogens (primary N) is 1. The van der Waals surface area contributed by atoms with Crippen LogP contribution in [0.15, 0.2) is 18.3 Å². The van der Waals surface area contributed by atoms with Crippen molar-refractivity contribution in [1.29, 1.82) is 16.2 Å². The molecule has 0 radical (unpaired) electrons. The normalized spacial score (nSPS) is 18.9. The summed E-state index contributed by atoms with van der Waals surface area (Å²) in [4.78, 5) is 1.89. The highest BCUT2D eigenvalue weighted by molar-refractivity contribution is 8.26. The standard InChI is InChI=1S/C18H23FN6OS/c19-13-5-11(12(7-20)8-21)6-14(26)15(13)16(22)27-17(23)25-9-18(10-25)1-3-24-4-2-18/h5-8,20,22-24,26H,1-4,9-10,21H2/b12-8+,20-7?,22-16?,23-17?. The summed E-state index contributed by atoms with van der Waals surface area (Å²) in [6, 6.07) is 2.40. The molecule has 3 rings (SSSR count). The Labute approximate surface area is 161 Å². The van der Waals surface area contributed by atoms with Gasteiger partial charge in [-0.25, -0.2) is 4.39 Å². The average Bonchev–Trinajstić information content (AvgIpc) is 2.60. The smallest absolute Gasteiger partial charge is 0.162 e. The van der Waals surface area contributed by atoms with E-state index in [9.17, 15) is 9.50 Å². The molecule has 0 aromatic heterocycles. The first-order valence-electron chi connectivity index (χ1n) is 8.65. The topological polar surface area (TPSA) is 133 Å². The minimum absolute atomic E-state index is 0.189. The summed E-state index contributed by atoms with van der Waals surface area (Å²) < 4.78 is 14.5. The maximum atomic E-state index is 14.5. The molecule has 1 aromatic carbocycles. The predicted octanol–water partition coefficient (Wildman–Crippen LogP) is 2.16. The van der Waals surface area contributed by atoms with Crippen LogP contribution in [0.5, 0.6) is 5.75 Å². The molecule has 9 heteroatoms. The molecule has 27 heavy (non-hydrogen) atoms. The lowest BCUT2D eigenvalue weighted by atomic mass is 9.73. The molecule has 7 N–H and O–H groups in total. The van der Waals surface area contributed by atoms with Crippen molar-refractivity contribution >= 4 is 33.8 Å². The minimum atomic E-state index is -0.782. The van der Waals surface area contributed by atoms with Crippen molar-refractivity contribution < 1.29 is 9.50 Å². The SMILES string of the molecule is N=C/C(=C\N)c1cc(O)c(C(=N)SC(=N)N2CC3(CCNCC3)C2)c(F)c1. The molecule has 2 fully saturated rings. The molecule has 144 valence electrons. The third kappa shape index (κ3) is 3.84. The molecule has 7 nitrogen and oxygen atoms in total. The number of hydrogen-bond donors (Lipinski definition) is 6. The van der Waals surface area contributed by atoms with Crippen molar-refractivity contribution in [3.05, 3.63) is 35.3 Å². The molecule has 2 aliphatic heterocycles. The summed E-state index contributed by atoms with van der Waals surface area (Å²) in [5.41, 5.74) is 5.92. The first kappa shape index (κ1) is 19.4. The molecule has 0 bridgehead atoms. The number of phenolic OH excluding ortho intramolecular Hbond substituents is 1. The van der Waals surface area contributed by atoms with Gasteiger partial charge in [0.2, 0.25) is 0 Å². The number of nitrogens with one attached hydrogen (secondary N) is 4. The molecule has 2 heterocycles. The van der Waals surface area contributed by atoms with Crippen molar-refractivity contribution in [3.63, 3.8) is 0 Å². The zero-order valence-electron chi connectivity index (χ0n) is 14.8. The van der Waals surface area contributed by atoms with Crippen LogP contribution in [-0.4, -0.2) is 52.6 Å². The van der Waals surface area contributed by atoms with Crippen molar-refractivity contribution in [2.45, 2.75) is 12.8 Å². The summed E-state index contributed by atoms with van der Waals surface area (Å²) in [5.74, 6) is -1.19. The van der Waals surface area contributed by atoms with Gasteiger partial charge in [0.15, 0.2) is 5.17 Å². The number of aromatic hydroxyl groups is 1. The minimum Gasteiger partial charge on any atom is -0.507 e. The van der Waals surface area contributed by atoms with E-state index in [1.54, 1.807) is 0 Å². The second-order valence-corrected chi connectivity index (χ2v) is 7.96. The van der Waals surface area contributed by atoms with E-state index in [0.717, 1.165) is 69.3 Å². The number of hydrogen-bond acceptors (Lipinski definition) is 7. The van der Waals surface area contributed by atoms with Gasteiger partial charge in [0.25, 0.3) is 0 Å². The van der Waals surface area contributed by atoms with Crippen LogP contribution in [0.3, 0.4) is 0 Å². The number of nitrogens with zero attached hydrogens (tertiary/aromatic N) is 1. The number of thioether (sulfide) groups is 1. The highest BCUT2D eigenvalue weighted by Crippen LogP contribution is 2.40. The van der Waals surface area contributed by atoms with E-state index in [1.165, 1.54) is 6.07 Å². The number of benzene rings is 1. The van der Waals surface area contributed by atoms with Crippen LogP contribution < -0.4 is 11.1 Å². The number of rotatable bonds is 3. The van der Waals surface area contributed by atoms with E-state index in [1.807, 2.05) is 4.90 Å². The van der Waals surface area contributed by atoms with E-state index in [2.05, 4.69) is 5.32 Å². The summed E-state index contributed by atoms with van der Waals surface area (Å²) in [6.45, 7) is 3.55. The quantitative estimate of drug-likeness (QED) is 0.347. The number of halogens is 1. The van der Waals surface area contributed by atoms with Crippen molar-refractivity contribution in [2.24, 2.45) is 11.1 Å². The molecule has 0 aliphatic carbocycles. The van der Waals surface area contributed by atoms with Gasteiger partial charge < -0.3 is 26.5 Å². The lowest BCUT2D eigenvalue weighted by molar-refractivity contribution is 0.0293. The van der Waals surface area contributed by atoms with Gasteiger partial charge in [-0.3, -0.25) is 10.8 Å². The molecule has 0 unspecified atom stereocenters. The van der Waals surface area contributed by atoms with Gasteiger partial charge in [-0.1, -0.05) is 0 Å². The van der Waals surface area contributed by atoms with Gasteiger partial charge in [-0.05, 0) is 55.4 Å². The Morgan fingerprint density at radius 2 is 1.96 bits per heavy atom. The predicted molar refractivity (Wildman–Crippen MR) is 107 cm³/mol. The van der Waals surface area contributed by atoms with Crippen LogP contribution in [0.4, 0.5) is 4.39 Å². The second-order valence-electron chi connectivity index (χ2n) is 6.96. The summed E-state index contributed by atoms with van der Waals surface area (Å²) >= 11 is 0.831. The molecule has 2 saturated heterocycles. The maximum Gasteiger partial charge on any atom is 0.162 e. The fourth-order valence-electron chi connectivity index (χ4n) is 3.60. The number of phenols is 1. The van der Waals surface area contributed by atoms with Gasteiger partial charge in [0, 0.05) is 36.5 Å². The second kappa shape index (κ2) is 7.69. The van der Waals surface area contributed by atoms with Crippen LogP contribution in [0.1, 0.15) is 24.0 Å². The molecule has 2 aliphatic rings. The number of amidine groups is 1.